The van der Waals surface area contributed by atoms with Crippen LogP contribution < -0.4 is 21.3 Å². The summed E-state index contributed by atoms with van der Waals surface area (Å²) in [6.07, 6.45) is 5.64. The molecule has 1 aromatic heterocycles. The molecule has 1 aliphatic heterocycles. The number of carbonyl (C=O) groups excluding carboxylic acids is 3. The number of para-hydroxylation sites is 1. The zero-order valence-corrected chi connectivity index (χ0v) is 24.9. The topological polar surface area (TPSA) is 128 Å². The second-order valence-corrected chi connectivity index (χ2v) is 10.7. The number of H-pyrrole nitrogens is 1. The molecule has 1 aliphatic rings. The minimum absolute atomic E-state index is 0. The Labute approximate surface area is 244 Å². The second-order valence-electron chi connectivity index (χ2n) is 10.7. The number of halogens is 1. The standard InChI is InChI=1S/C29H46N6O4.ClH/c1-21(2)17-25(33-27(36)20-35-15-7-13-30-11-6-12-31-14-8-16-35)28(37)34-26(29(38)39-3)18-22-19-32-24-10-5-4-9-23(22)24;/h4-5,9-10,19,21,25-26,30-32H,6-8,11-18,20H2,1-3H3,(H,33,36)(H,34,37);1H/t25-,26-;/m0./s1. The van der Waals surface area contributed by atoms with Crippen LogP contribution in [0.4, 0.5) is 0 Å². The quantitative estimate of drug-likeness (QED) is 0.273. The predicted octanol–water partition coefficient (Wildman–Crippen LogP) is 1.99. The summed E-state index contributed by atoms with van der Waals surface area (Å²) >= 11 is 0. The Bertz CT molecular complexity index is 1050. The van der Waals surface area contributed by atoms with Crippen LogP contribution in [0, 0.1) is 5.92 Å². The maximum Gasteiger partial charge on any atom is 0.328 e. The molecule has 0 radical (unpaired) electrons. The van der Waals surface area contributed by atoms with Crippen molar-refractivity contribution in [1.29, 1.82) is 0 Å². The van der Waals surface area contributed by atoms with E-state index in [-0.39, 0.29) is 43.1 Å². The molecule has 0 spiro atoms. The van der Waals surface area contributed by atoms with Crippen LogP contribution in [0.25, 0.3) is 10.9 Å². The molecule has 40 heavy (non-hydrogen) atoms. The van der Waals surface area contributed by atoms with Gasteiger partial charge in [0.05, 0.1) is 13.7 Å². The molecule has 10 nitrogen and oxygen atoms in total. The SMILES string of the molecule is COC(=O)[C@H](Cc1c[nH]c2ccccc12)NC(=O)[C@H](CC(C)C)NC(=O)CN1CCCNCCCNCCC1.Cl. The van der Waals surface area contributed by atoms with Crippen molar-refractivity contribution in [3.05, 3.63) is 36.0 Å². The Morgan fingerprint density at radius 2 is 1.60 bits per heavy atom. The molecule has 3 rings (SSSR count). The number of fused-ring (bicyclic) bond motifs is 1. The lowest BCUT2D eigenvalue weighted by atomic mass is 10.0. The fraction of sp³-hybridized carbons (Fsp3) is 0.621. The number of aromatic nitrogens is 1. The molecule has 0 unspecified atom stereocenters. The maximum atomic E-state index is 13.4. The van der Waals surface area contributed by atoms with Crippen molar-refractivity contribution in [3.63, 3.8) is 0 Å². The molecular weight excluding hydrogens is 532 g/mol. The fourth-order valence-electron chi connectivity index (χ4n) is 4.99. The van der Waals surface area contributed by atoms with Crippen LogP contribution in [-0.2, 0) is 25.5 Å². The third kappa shape index (κ3) is 11.1. The summed E-state index contributed by atoms with van der Waals surface area (Å²) in [6.45, 7) is 9.70. The van der Waals surface area contributed by atoms with Crippen LogP contribution in [0.15, 0.2) is 30.5 Å². The third-order valence-corrected chi connectivity index (χ3v) is 6.99. The minimum atomic E-state index is -0.872. The van der Waals surface area contributed by atoms with Crippen molar-refractivity contribution in [2.24, 2.45) is 5.92 Å². The number of carbonyl (C=O) groups is 3. The van der Waals surface area contributed by atoms with Crippen molar-refractivity contribution >= 4 is 41.1 Å². The summed E-state index contributed by atoms with van der Waals surface area (Å²) in [6, 6.07) is 6.19. The van der Waals surface area contributed by atoms with Crippen LogP contribution in [0.3, 0.4) is 0 Å². The number of ether oxygens (including phenoxy) is 1. The molecule has 2 aromatic rings. The summed E-state index contributed by atoms with van der Waals surface area (Å²) in [5.74, 6) is -0.917. The summed E-state index contributed by atoms with van der Waals surface area (Å²) in [5, 5.41) is 13.7. The minimum Gasteiger partial charge on any atom is -0.467 e. The molecule has 1 aromatic carbocycles. The van der Waals surface area contributed by atoms with Gasteiger partial charge in [-0.1, -0.05) is 32.0 Å². The maximum absolute atomic E-state index is 13.4. The molecule has 0 bridgehead atoms. The number of rotatable bonds is 10. The van der Waals surface area contributed by atoms with Gasteiger partial charge in [-0.3, -0.25) is 14.5 Å². The van der Waals surface area contributed by atoms with E-state index >= 15 is 0 Å². The van der Waals surface area contributed by atoms with Crippen LogP contribution in [0.2, 0.25) is 0 Å². The number of aromatic amines is 1. The van der Waals surface area contributed by atoms with E-state index in [1.54, 1.807) is 0 Å². The fourth-order valence-corrected chi connectivity index (χ4v) is 4.99. The largest absolute Gasteiger partial charge is 0.467 e. The molecule has 2 atom stereocenters. The van der Waals surface area contributed by atoms with Crippen LogP contribution in [-0.4, -0.2) is 92.7 Å². The molecule has 2 amide bonds. The van der Waals surface area contributed by atoms with Crippen LogP contribution >= 0.6 is 12.4 Å². The Kier molecular flexibility index (Phi) is 15.0. The van der Waals surface area contributed by atoms with E-state index < -0.39 is 18.1 Å². The second kappa shape index (κ2) is 17.9. The van der Waals surface area contributed by atoms with Gasteiger partial charge >= 0.3 is 5.97 Å². The van der Waals surface area contributed by atoms with E-state index in [2.05, 4.69) is 31.2 Å². The molecule has 1 saturated heterocycles. The van der Waals surface area contributed by atoms with Gasteiger partial charge in [-0.2, -0.15) is 0 Å². The highest BCUT2D eigenvalue weighted by molar-refractivity contribution is 5.92. The Balaban J connectivity index is 0.00000560. The molecule has 0 aliphatic carbocycles. The van der Waals surface area contributed by atoms with Gasteiger partial charge in [-0.15, -0.1) is 12.4 Å². The number of nitrogens with one attached hydrogen (secondary N) is 5. The van der Waals surface area contributed by atoms with Gasteiger partial charge in [0.15, 0.2) is 0 Å². The summed E-state index contributed by atoms with van der Waals surface area (Å²) in [4.78, 5) is 44.5. The zero-order valence-electron chi connectivity index (χ0n) is 24.1. The molecule has 1 fully saturated rings. The normalized spacial score (nSPS) is 17.1. The monoisotopic (exact) mass is 578 g/mol. The molecule has 0 saturated carbocycles. The Hall–Kier alpha value is -2.66. The first-order chi connectivity index (χ1) is 18.9. The first kappa shape index (κ1) is 33.5. The summed E-state index contributed by atoms with van der Waals surface area (Å²) in [7, 11) is 1.31. The summed E-state index contributed by atoms with van der Waals surface area (Å²) in [5.41, 5.74) is 1.87. The highest BCUT2D eigenvalue weighted by atomic mass is 35.5. The van der Waals surface area contributed by atoms with Crippen molar-refractivity contribution in [2.45, 2.75) is 58.0 Å². The van der Waals surface area contributed by atoms with E-state index in [1.165, 1.54) is 7.11 Å². The van der Waals surface area contributed by atoms with Crippen molar-refractivity contribution in [3.8, 4) is 0 Å². The lowest BCUT2D eigenvalue weighted by Crippen LogP contribution is -2.54. The highest BCUT2D eigenvalue weighted by Gasteiger charge is 2.29. The van der Waals surface area contributed by atoms with E-state index in [9.17, 15) is 14.4 Å². The van der Waals surface area contributed by atoms with E-state index in [0.29, 0.717) is 6.42 Å². The summed E-state index contributed by atoms with van der Waals surface area (Å²) < 4.78 is 5.01. The average Bonchev–Trinajstić information content (AvgIpc) is 3.31. The number of hydrogen-bond acceptors (Lipinski definition) is 7. The first-order valence-corrected chi connectivity index (χ1v) is 14.2. The van der Waals surface area contributed by atoms with Gasteiger partial charge in [0, 0.05) is 23.5 Å². The van der Waals surface area contributed by atoms with Crippen molar-refractivity contribution in [2.75, 3.05) is 52.9 Å². The number of esters is 1. The van der Waals surface area contributed by atoms with Crippen LogP contribution in [0.5, 0.6) is 0 Å². The average molecular weight is 579 g/mol. The van der Waals surface area contributed by atoms with Gasteiger partial charge in [-0.25, -0.2) is 4.79 Å². The van der Waals surface area contributed by atoms with E-state index in [1.807, 2.05) is 44.3 Å². The molecule has 5 N–H and O–H groups in total. The molecule has 11 heteroatoms. The van der Waals surface area contributed by atoms with Gasteiger partial charge < -0.3 is 31.0 Å². The van der Waals surface area contributed by atoms with Gasteiger partial charge in [0.1, 0.15) is 12.1 Å². The van der Waals surface area contributed by atoms with Crippen molar-refractivity contribution < 1.29 is 19.1 Å². The molecular formula is C29H47ClN6O4. The zero-order chi connectivity index (χ0) is 28.0. The number of methoxy groups -OCH3 is 1. The van der Waals surface area contributed by atoms with Gasteiger partial charge in [0.25, 0.3) is 0 Å². The number of hydrogen-bond donors (Lipinski definition) is 5. The van der Waals surface area contributed by atoms with E-state index in [4.69, 9.17) is 4.74 Å². The number of nitrogens with zero attached hydrogens (tertiary/aromatic N) is 1. The Morgan fingerprint density at radius 3 is 2.25 bits per heavy atom. The Morgan fingerprint density at radius 1 is 0.950 bits per heavy atom. The van der Waals surface area contributed by atoms with Gasteiger partial charge in [0.2, 0.25) is 11.8 Å². The van der Waals surface area contributed by atoms with Gasteiger partial charge in [-0.05, 0) is 82.5 Å². The molecule has 2 heterocycles. The lowest BCUT2D eigenvalue weighted by molar-refractivity contribution is -0.145. The molecule has 224 valence electrons. The predicted molar refractivity (Wildman–Crippen MR) is 161 cm³/mol. The number of amides is 2. The number of benzene rings is 1. The smallest absolute Gasteiger partial charge is 0.328 e. The van der Waals surface area contributed by atoms with Crippen molar-refractivity contribution in [1.82, 2.24) is 31.2 Å². The lowest BCUT2D eigenvalue weighted by Gasteiger charge is -2.26. The van der Waals surface area contributed by atoms with Crippen LogP contribution in [0.1, 0.15) is 45.1 Å². The van der Waals surface area contributed by atoms with E-state index in [0.717, 1.165) is 75.0 Å². The first-order valence-electron chi connectivity index (χ1n) is 14.2. The third-order valence-electron chi connectivity index (χ3n) is 6.99. The highest BCUT2D eigenvalue weighted by Crippen LogP contribution is 2.19.